The van der Waals surface area contributed by atoms with Crippen LogP contribution in [0.25, 0.3) is 0 Å². The number of nitrogens with one attached hydrogen (secondary N) is 2. The van der Waals surface area contributed by atoms with E-state index in [0.29, 0.717) is 47.8 Å². The molecule has 0 atom stereocenters. The standard InChI is InChI=1S/C18H22N4O3/c1-12(2)5-6-19-18-20-10-13(11-21-18)17(23)22-14-3-4-15-16(9-14)25-8-7-24-15/h3-4,9-12H,5-8H2,1-2H3,(H,22,23)(H,19,20,21). The molecule has 2 N–H and O–H groups in total. The minimum Gasteiger partial charge on any atom is -0.486 e. The van der Waals surface area contributed by atoms with E-state index in [9.17, 15) is 4.79 Å². The number of hydrogen-bond donors (Lipinski definition) is 2. The molecule has 0 aliphatic carbocycles. The number of aromatic nitrogens is 2. The van der Waals surface area contributed by atoms with Crippen LogP contribution in [0.5, 0.6) is 11.5 Å². The number of amides is 1. The molecule has 0 saturated heterocycles. The van der Waals surface area contributed by atoms with Gasteiger partial charge in [-0.15, -0.1) is 0 Å². The molecule has 1 aromatic carbocycles. The summed E-state index contributed by atoms with van der Waals surface area (Å²) in [7, 11) is 0. The Hall–Kier alpha value is -2.83. The topological polar surface area (TPSA) is 85.4 Å². The number of ether oxygens (including phenoxy) is 2. The Morgan fingerprint density at radius 1 is 1.16 bits per heavy atom. The second kappa shape index (κ2) is 7.83. The van der Waals surface area contributed by atoms with Gasteiger partial charge in [0.1, 0.15) is 13.2 Å². The maximum atomic E-state index is 12.3. The molecule has 25 heavy (non-hydrogen) atoms. The maximum Gasteiger partial charge on any atom is 0.258 e. The average Bonchev–Trinajstić information content (AvgIpc) is 2.62. The van der Waals surface area contributed by atoms with E-state index >= 15 is 0 Å². The Balaban J connectivity index is 1.59. The second-order valence-electron chi connectivity index (χ2n) is 6.22. The summed E-state index contributed by atoms with van der Waals surface area (Å²) in [4.78, 5) is 20.7. The highest BCUT2D eigenvalue weighted by Crippen LogP contribution is 2.32. The van der Waals surface area contributed by atoms with Crippen molar-refractivity contribution in [2.24, 2.45) is 5.92 Å². The average molecular weight is 342 g/mol. The van der Waals surface area contributed by atoms with Crippen LogP contribution in [0.15, 0.2) is 30.6 Å². The molecule has 132 valence electrons. The first-order chi connectivity index (χ1) is 12.1. The van der Waals surface area contributed by atoms with Crippen LogP contribution in [0.3, 0.4) is 0 Å². The van der Waals surface area contributed by atoms with Crippen molar-refractivity contribution in [3.05, 3.63) is 36.2 Å². The lowest BCUT2D eigenvalue weighted by Gasteiger charge is -2.19. The Morgan fingerprint density at radius 3 is 2.60 bits per heavy atom. The van der Waals surface area contributed by atoms with Gasteiger partial charge in [0.25, 0.3) is 5.91 Å². The number of rotatable bonds is 6. The zero-order valence-corrected chi connectivity index (χ0v) is 14.4. The van der Waals surface area contributed by atoms with E-state index in [-0.39, 0.29) is 5.91 Å². The number of carbonyl (C=O) groups excluding carboxylic acids is 1. The van der Waals surface area contributed by atoms with E-state index in [0.717, 1.165) is 13.0 Å². The van der Waals surface area contributed by atoms with Crippen molar-refractivity contribution < 1.29 is 14.3 Å². The van der Waals surface area contributed by atoms with Crippen LogP contribution in [0, 0.1) is 5.92 Å². The molecule has 0 radical (unpaired) electrons. The summed E-state index contributed by atoms with van der Waals surface area (Å²) in [6, 6.07) is 5.30. The minimum atomic E-state index is -0.273. The summed E-state index contributed by atoms with van der Waals surface area (Å²) < 4.78 is 11.0. The third-order valence-corrected chi connectivity index (χ3v) is 3.72. The Labute approximate surface area is 146 Å². The summed E-state index contributed by atoms with van der Waals surface area (Å²) >= 11 is 0. The van der Waals surface area contributed by atoms with Crippen LogP contribution in [0.2, 0.25) is 0 Å². The summed E-state index contributed by atoms with van der Waals surface area (Å²) in [5.74, 6) is 2.18. The zero-order chi connectivity index (χ0) is 17.6. The Morgan fingerprint density at radius 2 is 1.88 bits per heavy atom. The van der Waals surface area contributed by atoms with Gasteiger partial charge >= 0.3 is 0 Å². The number of benzene rings is 1. The first kappa shape index (κ1) is 17.0. The van der Waals surface area contributed by atoms with Crippen molar-refractivity contribution in [2.45, 2.75) is 20.3 Å². The number of nitrogens with zero attached hydrogens (tertiary/aromatic N) is 2. The van der Waals surface area contributed by atoms with Crippen LogP contribution < -0.4 is 20.1 Å². The summed E-state index contributed by atoms with van der Waals surface area (Å²) in [5.41, 5.74) is 1.03. The molecule has 2 aromatic rings. The molecule has 3 rings (SSSR count). The number of anilines is 2. The van der Waals surface area contributed by atoms with Crippen molar-refractivity contribution in [3.63, 3.8) is 0 Å². The van der Waals surface area contributed by atoms with Gasteiger partial charge in [0.2, 0.25) is 5.95 Å². The molecule has 1 aliphatic rings. The molecule has 0 spiro atoms. The molecule has 0 bridgehead atoms. The Bertz CT molecular complexity index is 732. The predicted octanol–water partition coefficient (Wildman–Crippen LogP) is 2.96. The molecular formula is C18H22N4O3. The van der Waals surface area contributed by atoms with Crippen molar-refractivity contribution in [3.8, 4) is 11.5 Å². The summed E-state index contributed by atoms with van der Waals surface area (Å²) in [6.45, 7) is 6.17. The maximum absolute atomic E-state index is 12.3. The lowest BCUT2D eigenvalue weighted by molar-refractivity contribution is 0.102. The van der Waals surface area contributed by atoms with Gasteiger partial charge < -0.3 is 20.1 Å². The van der Waals surface area contributed by atoms with Gasteiger partial charge in [-0.3, -0.25) is 4.79 Å². The van der Waals surface area contributed by atoms with Crippen LogP contribution in [0.1, 0.15) is 30.6 Å². The van der Waals surface area contributed by atoms with Crippen molar-refractivity contribution in [2.75, 3.05) is 30.4 Å². The minimum absolute atomic E-state index is 0.273. The van der Waals surface area contributed by atoms with E-state index in [4.69, 9.17) is 9.47 Å². The molecule has 0 saturated carbocycles. The fraction of sp³-hybridized carbons (Fsp3) is 0.389. The number of hydrogen-bond acceptors (Lipinski definition) is 6. The number of carbonyl (C=O) groups is 1. The highest BCUT2D eigenvalue weighted by molar-refractivity contribution is 6.04. The van der Waals surface area contributed by atoms with E-state index in [2.05, 4.69) is 34.4 Å². The van der Waals surface area contributed by atoms with Crippen LogP contribution in [-0.2, 0) is 0 Å². The fourth-order valence-corrected chi connectivity index (χ4v) is 2.33. The highest BCUT2D eigenvalue weighted by Gasteiger charge is 2.14. The van der Waals surface area contributed by atoms with Gasteiger partial charge in [0.05, 0.1) is 5.56 Å². The molecule has 0 unspecified atom stereocenters. The van der Waals surface area contributed by atoms with E-state index in [1.54, 1.807) is 18.2 Å². The molecule has 1 aliphatic heterocycles. The molecule has 7 nitrogen and oxygen atoms in total. The zero-order valence-electron chi connectivity index (χ0n) is 14.4. The number of fused-ring (bicyclic) bond motifs is 1. The first-order valence-electron chi connectivity index (χ1n) is 8.39. The quantitative estimate of drug-likeness (QED) is 0.839. The van der Waals surface area contributed by atoms with E-state index in [1.807, 2.05) is 0 Å². The van der Waals surface area contributed by atoms with Gasteiger partial charge in [-0.2, -0.15) is 0 Å². The summed E-state index contributed by atoms with van der Waals surface area (Å²) in [6.07, 6.45) is 4.06. The van der Waals surface area contributed by atoms with E-state index < -0.39 is 0 Å². The van der Waals surface area contributed by atoms with Crippen molar-refractivity contribution >= 4 is 17.5 Å². The third-order valence-electron chi connectivity index (χ3n) is 3.72. The normalized spacial score (nSPS) is 12.8. The van der Waals surface area contributed by atoms with Crippen molar-refractivity contribution in [1.29, 1.82) is 0 Å². The largest absolute Gasteiger partial charge is 0.486 e. The van der Waals surface area contributed by atoms with Gasteiger partial charge in [0, 0.05) is 30.7 Å². The lowest BCUT2D eigenvalue weighted by atomic mass is 10.1. The van der Waals surface area contributed by atoms with Crippen LogP contribution in [-0.4, -0.2) is 35.6 Å². The molecule has 7 heteroatoms. The molecule has 1 amide bonds. The third kappa shape index (κ3) is 4.59. The predicted molar refractivity (Wildman–Crippen MR) is 95.4 cm³/mol. The molecule has 1 aromatic heterocycles. The van der Waals surface area contributed by atoms with Crippen LogP contribution in [0.4, 0.5) is 11.6 Å². The molecule has 0 fully saturated rings. The second-order valence-corrected chi connectivity index (χ2v) is 6.22. The van der Waals surface area contributed by atoms with Gasteiger partial charge in [-0.05, 0) is 24.5 Å². The lowest BCUT2D eigenvalue weighted by Crippen LogP contribution is -2.17. The van der Waals surface area contributed by atoms with Gasteiger partial charge in [-0.25, -0.2) is 9.97 Å². The first-order valence-corrected chi connectivity index (χ1v) is 8.39. The highest BCUT2D eigenvalue weighted by atomic mass is 16.6. The molecule has 2 heterocycles. The van der Waals surface area contributed by atoms with Crippen molar-refractivity contribution in [1.82, 2.24) is 9.97 Å². The summed E-state index contributed by atoms with van der Waals surface area (Å²) in [5, 5.41) is 5.95. The monoisotopic (exact) mass is 342 g/mol. The smallest absolute Gasteiger partial charge is 0.258 e. The SMILES string of the molecule is CC(C)CCNc1ncc(C(=O)Nc2ccc3c(c2)OCCO3)cn1. The fourth-order valence-electron chi connectivity index (χ4n) is 2.33. The van der Waals surface area contributed by atoms with E-state index in [1.165, 1.54) is 12.4 Å². The van der Waals surface area contributed by atoms with Gasteiger partial charge in [-0.1, -0.05) is 13.8 Å². The Kier molecular flexibility index (Phi) is 5.33. The molecular weight excluding hydrogens is 320 g/mol. The van der Waals surface area contributed by atoms with Gasteiger partial charge in [0.15, 0.2) is 11.5 Å². The van der Waals surface area contributed by atoms with Crippen LogP contribution >= 0.6 is 0 Å².